The van der Waals surface area contributed by atoms with Gasteiger partial charge in [0.2, 0.25) is 5.28 Å². The lowest BCUT2D eigenvalue weighted by Crippen LogP contribution is -2.14. The molecule has 8 nitrogen and oxygen atoms in total. The van der Waals surface area contributed by atoms with Crippen molar-refractivity contribution in [2.75, 3.05) is 5.32 Å². The number of amides is 1. The van der Waals surface area contributed by atoms with E-state index in [0.717, 1.165) is 5.52 Å². The largest absolute Gasteiger partial charge is 0.316 e. The molecule has 0 fully saturated rings. The molecule has 1 aromatic heterocycles. The summed E-state index contributed by atoms with van der Waals surface area (Å²) in [6.07, 6.45) is 0. The molecule has 0 bridgehead atoms. The van der Waals surface area contributed by atoms with E-state index in [0.29, 0.717) is 11.1 Å². The van der Waals surface area contributed by atoms with Crippen LogP contribution in [0.3, 0.4) is 0 Å². The van der Waals surface area contributed by atoms with E-state index in [1.54, 1.807) is 10.6 Å². The SMILES string of the molecule is O=C(Cn1c(Cl)nc2ccccc21)c1ccc(C(=O)Nc2ccccc2[N+](=O)[O-])cc1. The third kappa shape index (κ3) is 4.15. The van der Waals surface area contributed by atoms with Crippen molar-refractivity contribution in [1.29, 1.82) is 0 Å². The van der Waals surface area contributed by atoms with Crippen LogP contribution in [0.1, 0.15) is 20.7 Å². The second-order valence-corrected chi connectivity index (χ2v) is 7.02. The number of anilines is 1. The lowest BCUT2D eigenvalue weighted by atomic mass is 10.1. The molecule has 0 atom stereocenters. The summed E-state index contributed by atoms with van der Waals surface area (Å²) in [7, 11) is 0. The van der Waals surface area contributed by atoms with Crippen LogP contribution in [0, 0.1) is 10.1 Å². The Balaban J connectivity index is 1.50. The Kier molecular flexibility index (Phi) is 5.46. The molecule has 4 aromatic rings. The van der Waals surface area contributed by atoms with Crippen LogP contribution in [0.2, 0.25) is 5.28 Å². The number of carbonyl (C=O) groups is 2. The standard InChI is InChI=1S/C22H15ClN4O4/c23-22-25-16-5-1-3-7-18(16)26(22)13-20(28)14-9-11-15(12-10-14)21(29)24-17-6-2-4-8-19(17)27(30)31/h1-12H,13H2,(H,24,29). The highest BCUT2D eigenvalue weighted by Gasteiger charge is 2.17. The van der Waals surface area contributed by atoms with Gasteiger partial charge in [-0.3, -0.25) is 19.7 Å². The number of carbonyl (C=O) groups excluding carboxylic acids is 2. The molecule has 4 rings (SSSR count). The van der Waals surface area contributed by atoms with Crippen LogP contribution in [0.4, 0.5) is 11.4 Å². The van der Waals surface area contributed by atoms with E-state index in [1.807, 2.05) is 24.3 Å². The Hall–Kier alpha value is -4.04. The van der Waals surface area contributed by atoms with Crippen LogP contribution in [0.25, 0.3) is 11.0 Å². The lowest BCUT2D eigenvalue weighted by Gasteiger charge is -2.08. The number of nitro groups is 1. The number of aromatic nitrogens is 2. The van der Waals surface area contributed by atoms with E-state index in [-0.39, 0.29) is 34.5 Å². The van der Waals surface area contributed by atoms with E-state index >= 15 is 0 Å². The van der Waals surface area contributed by atoms with Crippen molar-refractivity contribution in [1.82, 2.24) is 9.55 Å². The third-order valence-corrected chi connectivity index (χ3v) is 5.02. The number of benzene rings is 3. The minimum Gasteiger partial charge on any atom is -0.316 e. The number of Topliss-reactive ketones (excluding diaryl/α,β-unsaturated/α-hetero) is 1. The molecule has 0 unspecified atom stereocenters. The van der Waals surface area contributed by atoms with E-state index in [2.05, 4.69) is 10.3 Å². The van der Waals surface area contributed by atoms with Crippen molar-refractivity contribution >= 4 is 45.7 Å². The number of fused-ring (bicyclic) bond motifs is 1. The third-order valence-electron chi connectivity index (χ3n) is 4.73. The van der Waals surface area contributed by atoms with E-state index in [9.17, 15) is 19.7 Å². The minimum absolute atomic E-state index is 0.00109. The summed E-state index contributed by atoms with van der Waals surface area (Å²) in [5.74, 6) is -0.715. The van der Waals surface area contributed by atoms with Crippen molar-refractivity contribution in [3.05, 3.63) is 99.3 Å². The van der Waals surface area contributed by atoms with Crippen molar-refractivity contribution in [3.63, 3.8) is 0 Å². The fraction of sp³-hybridized carbons (Fsp3) is 0.0455. The molecular formula is C22H15ClN4O4. The molecule has 1 N–H and O–H groups in total. The van der Waals surface area contributed by atoms with Crippen molar-refractivity contribution in [3.8, 4) is 0 Å². The van der Waals surface area contributed by atoms with Gasteiger partial charge in [0.05, 0.1) is 22.5 Å². The number of nitro benzene ring substituents is 1. The molecule has 9 heteroatoms. The molecule has 1 heterocycles. The first kappa shape index (κ1) is 20.2. The normalized spacial score (nSPS) is 10.7. The molecule has 0 aliphatic carbocycles. The molecule has 0 aliphatic rings. The van der Waals surface area contributed by atoms with Gasteiger partial charge in [0.25, 0.3) is 11.6 Å². The maximum Gasteiger partial charge on any atom is 0.292 e. The van der Waals surface area contributed by atoms with E-state index in [1.165, 1.54) is 42.5 Å². The van der Waals surface area contributed by atoms with Crippen LogP contribution < -0.4 is 5.32 Å². The predicted octanol–water partition coefficient (Wildman–Crippen LogP) is 4.73. The van der Waals surface area contributed by atoms with E-state index < -0.39 is 10.8 Å². The zero-order valence-electron chi connectivity index (χ0n) is 16.0. The van der Waals surface area contributed by atoms with Crippen LogP contribution in [-0.2, 0) is 6.54 Å². The minimum atomic E-state index is -0.567. The molecule has 0 aliphatic heterocycles. The van der Waals surface area contributed by atoms with Gasteiger partial charge in [-0.2, -0.15) is 0 Å². The fourth-order valence-corrected chi connectivity index (χ4v) is 3.41. The van der Waals surface area contributed by atoms with Gasteiger partial charge < -0.3 is 9.88 Å². The quantitative estimate of drug-likeness (QED) is 0.268. The summed E-state index contributed by atoms with van der Waals surface area (Å²) in [5.41, 5.74) is 2.01. The maximum absolute atomic E-state index is 12.7. The highest BCUT2D eigenvalue weighted by Crippen LogP contribution is 2.24. The van der Waals surface area contributed by atoms with Crippen molar-refractivity contribution in [2.24, 2.45) is 0 Å². The topological polar surface area (TPSA) is 107 Å². The van der Waals surface area contributed by atoms with Crippen molar-refractivity contribution < 1.29 is 14.5 Å². The summed E-state index contributed by atoms with van der Waals surface area (Å²) in [6.45, 7) is 0.00109. The lowest BCUT2D eigenvalue weighted by molar-refractivity contribution is -0.383. The van der Waals surface area contributed by atoms with Crippen LogP contribution in [0.15, 0.2) is 72.8 Å². The number of halogens is 1. The second kappa shape index (κ2) is 8.37. The summed E-state index contributed by atoms with van der Waals surface area (Å²) < 4.78 is 1.62. The number of hydrogen-bond acceptors (Lipinski definition) is 5. The summed E-state index contributed by atoms with van der Waals surface area (Å²) in [4.78, 5) is 39.9. The van der Waals surface area contributed by atoms with Crippen LogP contribution in [0.5, 0.6) is 0 Å². The number of imidazole rings is 1. The first-order chi connectivity index (χ1) is 14.9. The van der Waals surface area contributed by atoms with Gasteiger partial charge in [0.1, 0.15) is 5.69 Å². The number of rotatable bonds is 6. The average molecular weight is 435 g/mol. The summed E-state index contributed by atoms with van der Waals surface area (Å²) in [6, 6.07) is 19.2. The number of para-hydroxylation sites is 4. The maximum atomic E-state index is 12.7. The van der Waals surface area contributed by atoms with Crippen LogP contribution in [-0.4, -0.2) is 26.2 Å². The first-order valence-corrected chi connectivity index (χ1v) is 9.60. The highest BCUT2D eigenvalue weighted by molar-refractivity contribution is 6.29. The number of nitrogens with zero attached hydrogens (tertiary/aromatic N) is 3. The summed E-state index contributed by atoms with van der Waals surface area (Å²) >= 11 is 6.18. The van der Waals surface area contributed by atoms with Gasteiger partial charge in [-0.25, -0.2) is 4.98 Å². The molecule has 154 valence electrons. The first-order valence-electron chi connectivity index (χ1n) is 9.23. The number of ketones is 1. The second-order valence-electron chi connectivity index (χ2n) is 6.68. The average Bonchev–Trinajstić information content (AvgIpc) is 3.09. The van der Waals surface area contributed by atoms with Gasteiger partial charge in [-0.1, -0.05) is 36.4 Å². The molecule has 0 saturated carbocycles. The molecule has 0 radical (unpaired) electrons. The van der Waals surface area contributed by atoms with Gasteiger partial charge in [-0.15, -0.1) is 0 Å². The zero-order chi connectivity index (χ0) is 22.0. The highest BCUT2D eigenvalue weighted by atomic mass is 35.5. The van der Waals surface area contributed by atoms with Gasteiger partial charge >= 0.3 is 0 Å². The van der Waals surface area contributed by atoms with Crippen LogP contribution >= 0.6 is 11.6 Å². The molecule has 3 aromatic carbocycles. The monoisotopic (exact) mass is 434 g/mol. The van der Waals surface area contributed by atoms with Gasteiger partial charge in [0.15, 0.2) is 5.78 Å². The van der Waals surface area contributed by atoms with E-state index in [4.69, 9.17) is 11.6 Å². The Morgan fingerprint density at radius 3 is 2.35 bits per heavy atom. The Labute approximate surface area is 181 Å². The predicted molar refractivity (Wildman–Crippen MR) is 117 cm³/mol. The van der Waals surface area contributed by atoms with Crippen molar-refractivity contribution in [2.45, 2.75) is 6.54 Å². The molecular weight excluding hydrogens is 420 g/mol. The van der Waals surface area contributed by atoms with Gasteiger partial charge in [-0.05, 0) is 41.9 Å². The molecule has 31 heavy (non-hydrogen) atoms. The number of nitrogens with one attached hydrogen (secondary N) is 1. The Morgan fingerprint density at radius 1 is 0.968 bits per heavy atom. The Morgan fingerprint density at radius 2 is 1.61 bits per heavy atom. The Bertz CT molecular complexity index is 1310. The smallest absolute Gasteiger partial charge is 0.292 e. The molecule has 1 amide bonds. The van der Waals surface area contributed by atoms with Gasteiger partial charge in [0, 0.05) is 17.2 Å². The number of hydrogen-bond donors (Lipinski definition) is 1. The molecule has 0 spiro atoms. The summed E-state index contributed by atoms with van der Waals surface area (Å²) in [5, 5.41) is 13.8. The molecule has 0 saturated heterocycles. The zero-order valence-corrected chi connectivity index (χ0v) is 16.7. The fourth-order valence-electron chi connectivity index (χ4n) is 3.17.